The Balaban J connectivity index is 0. The molecule has 0 aromatic heterocycles. The van der Waals surface area contributed by atoms with Gasteiger partial charge < -0.3 is 22.6 Å². The van der Waals surface area contributed by atoms with Crippen molar-refractivity contribution >= 4 is 5.91 Å². The van der Waals surface area contributed by atoms with E-state index in [4.69, 9.17) is 0 Å². The number of quaternary nitrogens is 1. The van der Waals surface area contributed by atoms with E-state index in [-0.39, 0.29) is 24.2 Å². The molecule has 4 heteroatoms. The summed E-state index contributed by atoms with van der Waals surface area (Å²) in [7, 11) is 4.24. The number of nitrogens with one attached hydrogen (secondary N) is 2. The SMILES string of the molecule is CCC(C)C(=O)NCCC[NH+](C)C.[Cl-]. The minimum absolute atomic E-state index is 0. The lowest BCUT2D eigenvalue weighted by atomic mass is 10.1. The molecular formula is C10H23ClN2O. The lowest BCUT2D eigenvalue weighted by Crippen LogP contribution is -3.05. The van der Waals surface area contributed by atoms with Crippen LogP contribution in [-0.4, -0.2) is 33.1 Å². The highest BCUT2D eigenvalue weighted by Gasteiger charge is 2.08. The first-order valence-corrected chi connectivity index (χ1v) is 5.14. The van der Waals surface area contributed by atoms with E-state index in [1.807, 2.05) is 13.8 Å². The topological polar surface area (TPSA) is 33.5 Å². The van der Waals surface area contributed by atoms with Crippen LogP contribution in [0.5, 0.6) is 0 Å². The summed E-state index contributed by atoms with van der Waals surface area (Å²) in [4.78, 5) is 12.7. The van der Waals surface area contributed by atoms with E-state index in [9.17, 15) is 4.79 Å². The number of carbonyl (C=O) groups is 1. The molecule has 0 rings (SSSR count). The van der Waals surface area contributed by atoms with Gasteiger partial charge in [-0.3, -0.25) is 4.79 Å². The molecule has 0 saturated heterocycles. The van der Waals surface area contributed by atoms with Crippen molar-refractivity contribution in [3.63, 3.8) is 0 Å². The lowest BCUT2D eigenvalue weighted by molar-refractivity contribution is -0.858. The van der Waals surface area contributed by atoms with Gasteiger partial charge in [0.2, 0.25) is 5.91 Å². The van der Waals surface area contributed by atoms with Crippen LogP contribution in [0.15, 0.2) is 0 Å². The van der Waals surface area contributed by atoms with Crippen LogP contribution < -0.4 is 22.6 Å². The molecule has 0 aromatic rings. The van der Waals surface area contributed by atoms with Crippen molar-refractivity contribution < 1.29 is 22.1 Å². The van der Waals surface area contributed by atoms with Gasteiger partial charge in [-0.05, 0) is 6.42 Å². The summed E-state index contributed by atoms with van der Waals surface area (Å²) >= 11 is 0. The van der Waals surface area contributed by atoms with E-state index in [1.54, 1.807) is 0 Å². The van der Waals surface area contributed by atoms with Crippen LogP contribution in [0.3, 0.4) is 0 Å². The van der Waals surface area contributed by atoms with E-state index in [0.717, 1.165) is 25.9 Å². The van der Waals surface area contributed by atoms with Crippen molar-refractivity contribution in [3.8, 4) is 0 Å². The number of hydrogen-bond donors (Lipinski definition) is 2. The molecule has 0 aromatic carbocycles. The van der Waals surface area contributed by atoms with E-state index in [1.165, 1.54) is 4.90 Å². The minimum Gasteiger partial charge on any atom is -1.00 e. The first kappa shape index (κ1) is 16.2. The van der Waals surface area contributed by atoms with Crippen LogP contribution in [0.25, 0.3) is 0 Å². The second kappa shape index (κ2) is 9.28. The fourth-order valence-electron chi connectivity index (χ4n) is 1.01. The quantitative estimate of drug-likeness (QED) is 0.454. The van der Waals surface area contributed by atoms with Crippen LogP contribution in [0.1, 0.15) is 26.7 Å². The molecule has 0 bridgehead atoms. The predicted molar refractivity (Wildman–Crippen MR) is 54.8 cm³/mol. The van der Waals surface area contributed by atoms with E-state index >= 15 is 0 Å². The van der Waals surface area contributed by atoms with Gasteiger partial charge in [0, 0.05) is 18.9 Å². The maximum Gasteiger partial charge on any atom is 0.222 e. The molecule has 2 N–H and O–H groups in total. The molecule has 86 valence electrons. The second-order valence-corrected chi connectivity index (χ2v) is 3.91. The zero-order valence-corrected chi connectivity index (χ0v) is 10.4. The Hall–Kier alpha value is -0.280. The van der Waals surface area contributed by atoms with Crippen LogP contribution in [-0.2, 0) is 4.79 Å². The first-order valence-electron chi connectivity index (χ1n) is 5.14. The summed E-state index contributed by atoms with van der Waals surface area (Å²) in [6.45, 7) is 5.93. The average Bonchev–Trinajstić information content (AvgIpc) is 2.10. The third kappa shape index (κ3) is 8.32. The smallest absolute Gasteiger partial charge is 0.222 e. The zero-order chi connectivity index (χ0) is 10.3. The Morgan fingerprint density at radius 3 is 2.43 bits per heavy atom. The molecule has 1 unspecified atom stereocenters. The molecule has 0 spiro atoms. The van der Waals surface area contributed by atoms with Crippen molar-refractivity contribution in [2.45, 2.75) is 26.7 Å². The fraction of sp³-hybridized carbons (Fsp3) is 0.900. The molecule has 1 amide bonds. The summed E-state index contributed by atoms with van der Waals surface area (Å²) in [5.74, 6) is 0.350. The number of halogens is 1. The number of rotatable bonds is 6. The van der Waals surface area contributed by atoms with Crippen molar-refractivity contribution in [1.82, 2.24) is 5.32 Å². The van der Waals surface area contributed by atoms with E-state index in [2.05, 4.69) is 19.4 Å². The first-order chi connectivity index (χ1) is 6.07. The molecule has 3 nitrogen and oxygen atoms in total. The maximum absolute atomic E-state index is 11.3. The van der Waals surface area contributed by atoms with Crippen molar-refractivity contribution in [3.05, 3.63) is 0 Å². The van der Waals surface area contributed by atoms with Gasteiger partial charge in [-0.1, -0.05) is 13.8 Å². The third-order valence-electron chi connectivity index (χ3n) is 2.21. The minimum atomic E-state index is 0. The molecule has 0 saturated carbocycles. The summed E-state index contributed by atoms with van der Waals surface area (Å²) in [5, 5.41) is 2.94. The zero-order valence-electron chi connectivity index (χ0n) is 9.69. The third-order valence-corrected chi connectivity index (χ3v) is 2.21. The monoisotopic (exact) mass is 222 g/mol. The molecule has 1 atom stereocenters. The van der Waals surface area contributed by atoms with Crippen molar-refractivity contribution in [2.75, 3.05) is 27.2 Å². The number of amides is 1. The van der Waals surface area contributed by atoms with Crippen molar-refractivity contribution in [2.24, 2.45) is 5.92 Å². The van der Waals surface area contributed by atoms with Gasteiger partial charge in [0.25, 0.3) is 0 Å². The molecule has 0 radical (unpaired) electrons. The largest absolute Gasteiger partial charge is 1.00 e. The summed E-state index contributed by atoms with van der Waals surface area (Å²) < 4.78 is 0. The number of carbonyl (C=O) groups excluding carboxylic acids is 1. The summed E-state index contributed by atoms with van der Waals surface area (Å²) in [6.07, 6.45) is 1.98. The van der Waals surface area contributed by atoms with Crippen LogP contribution >= 0.6 is 0 Å². The molecule has 0 heterocycles. The van der Waals surface area contributed by atoms with E-state index in [0.29, 0.717) is 0 Å². The summed E-state index contributed by atoms with van der Waals surface area (Å²) in [6, 6.07) is 0. The van der Waals surface area contributed by atoms with Gasteiger partial charge in [0.05, 0.1) is 20.6 Å². The maximum atomic E-state index is 11.3. The molecule has 0 aliphatic rings. The Kier molecular flexibility index (Phi) is 10.7. The Labute approximate surface area is 93.6 Å². The highest BCUT2D eigenvalue weighted by molar-refractivity contribution is 5.78. The lowest BCUT2D eigenvalue weighted by Gasteiger charge is -2.10. The predicted octanol–water partition coefficient (Wildman–Crippen LogP) is -3.31. The fourth-order valence-corrected chi connectivity index (χ4v) is 1.01. The van der Waals surface area contributed by atoms with Gasteiger partial charge in [-0.2, -0.15) is 0 Å². The van der Waals surface area contributed by atoms with Crippen LogP contribution in [0.2, 0.25) is 0 Å². The van der Waals surface area contributed by atoms with E-state index < -0.39 is 0 Å². The molecule has 0 aliphatic carbocycles. The molecule has 0 aliphatic heterocycles. The molecule has 14 heavy (non-hydrogen) atoms. The number of hydrogen-bond acceptors (Lipinski definition) is 1. The molecular weight excluding hydrogens is 200 g/mol. The van der Waals surface area contributed by atoms with Gasteiger partial charge >= 0.3 is 0 Å². The summed E-state index contributed by atoms with van der Waals surface area (Å²) in [5.41, 5.74) is 0. The Morgan fingerprint density at radius 2 is 2.00 bits per heavy atom. The van der Waals surface area contributed by atoms with Gasteiger partial charge in [-0.15, -0.1) is 0 Å². The normalized spacial score (nSPS) is 12.1. The van der Waals surface area contributed by atoms with Gasteiger partial charge in [0.15, 0.2) is 0 Å². The van der Waals surface area contributed by atoms with Crippen molar-refractivity contribution in [1.29, 1.82) is 0 Å². The average molecular weight is 223 g/mol. The van der Waals surface area contributed by atoms with Crippen LogP contribution in [0.4, 0.5) is 0 Å². The highest BCUT2D eigenvalue weighted by atomic mass is 35.5. The Morgan fingerprint density at radius 1 is 1.43 bits per heavy atom. The van der Waals surface area contributed by atoms with Gasteiger partial charge in [0.1, 0.15) is 0 Å². The van der Waals surface area contributed by atoms with Crippen LogP contribution in [0, 0.1) is 5.92 Å². The second-order valence-electron chi connectivity index (χ2n) is 3.91. The standard InChI is InChI=1S/C10H22N2O.ClH/c1-5-9(2)10(13)11-7-6-8-12(3)4;/h9H,5-8H2,1-4H3,(H,11,13);1H. The Bertz CT molecular complexity index is 151. The molecule has 0 fully saturated rings. The highest BCUT2D eigenvalue weighted by Crippen LogP contribution is 1.98. The van der Waals surface area contributed by atoms with Gasteiger partial charge in [-0.25, -0.2) is 0 Å².